The van der Waals surface area contributed by atoms with Gasteiger partial charge in [0.1, 0.15) is 24.1 Å². The Balaban J connectivity index is 1.57. The van der Waals surface area contributed by atoms with Crippen LogP contribution in [-0.4, -0.2) is 47.1 Å². The number of carbonyl (C=O) groups excluding carboxylic acids is 1. The van der Waals surface area contributed by atoms with Gasteiger partial charge >= 0.3 is 0 Å². The fourth-order valence-electron chi connectivity index (χ4n) is 3.86. The number of hydrogen-bond acceptors (Lipinski definition) is 6. The zero-order valence-corrected chi connectivity index (χ0v) is 19.5. The molecule has 3 aromatic rings. The summed E-state index contributed by atoms with van der Waals surface area (Å²) in [6.45, 7) is 5.16. The van der Waals surface area contributed by atoms with Gasteiger partial charge in [-0.05, 0) is 24.3 Å². The van der Waals surface area contributed by atoms with E-state index < -0.39 is 5.82 Å². The third kappa shape index (κ3) is 5.11. The minimum Gasteiger partial charge on any atom is -0.493 e. The van der Waals surface area contributed by atoms with Gasteiger partial charge in [-0.2, -0.15) is 0 Å². The minimum atomic E-state index is -0.490. The van der Waals surface area contributed by atoms with Crippen LogP contribution < -0.4 is 14.8 Å². The number of amides is 1. The summed E-state index contributed by atoms with van der Waals surface area (Å²) in [7, 11) is 1.58. The third-order valence-electron chi connectivity index (χ3n) is 5.64. The number of likely N-dealkylation sites (tertiary alicyclic amines) is 1. The van der Waals surface area contributed by atoms with Crippen molar-refractivity contribution in [2.24, 2.45) is 5.92 Å². The fraction of sp³-hybridized carbons (Fsp3) is 0.375. The van der Waals surface area contributed by atoms with E-state index >= 15 is 0 Å². The van der Waals surface area contributed by atoms with E-state index in [-0.39, 0.29) is 23.0 Å². The third-order valence-corrected chi connectivity index (χ3v) is 5.93. The van der Waals surface area contributed by atoms with E-state index in [0.717, 1.165) is 18.2 Å². The normalized spacial score (nSPS) is 14.5. The van der Waals surface area contributed by atoms with Gasteiger partial charge in [0.2, 0.25) is 5.91 Å². The fourth-order valence-corrected chi connectivity index (χ4v) is 4.05. The van der Waals surface area contributed by atoms with Crippen LogP contribution in [0.3, 0.4) is 0 Å². The minimum absolute atomic E-state index is 0.00930. The summed E-state index contributed by atoms with van der Waals surface area (Å²) in [5.74, 6) is 1.35. The Hall–Kier alpha value is -3.13. The van der Waals surface area contributed by atoms with Gasteiger partial charge in [-0.1, -0.05) is 25.4 Å². The van der Waals surface area contributed by atoms with Crippen LogP contribution in [0.4, 0.5) is 15.9 Å². The number of hydrogen-bond donors (Lipinski definition) is 1. The SMILES string of the molecule is COc1cc2ncnc(Nc3ccc(F)c(Cl)c3)c2cc1OC1CCN(C(=O)C(C)C)CC1. The second-order valence-corrected chi connectivity index (χ2v) is 8.70. The summed E-state index contributed by atoms with van der Waals surface area (Å²) >= 11 is 5.91. The molecule has 33 heavy (non-hydrogen) atoms. The number of piperidine rings is 1. The highest BCUT2D eigenvalue weighted by atomic mass is 35.5. The van der Waals surface area contributed by atoms with Crippen LogP contribution in [0.2, 0.25) is 5.02 Å². The molecule has 1 amide bonds. The monoisotopic (exact) mass is 472 g/mol. The second-order valence-electron chi connectivity index (χ2n) is 8.29. The molecule has 1 saturated heterocycles. The maximum absolute atomic E-state index is 13.5. The van der Waals surface area contributed by atoms with Gasteiger partial charge in [-0.15, -0.1) is 0 Å². The van der Waals surface area contributed by atoms with Crippen molar-refractivity contribution in [2.75, 3.05) is 25.5 Å². The number of fused-ring (bicyclic) bond motifs is 1. The number of aromatic nitrogens is 2. The lowest BCUT2D eigenvalue weighted by Gasteiger charge is -2.33. The van der Waals surface area contributed by atoms with Crippen molar-refractivity contribution in [3.63, 3.8) is 0 Å². The summed E-state index contributed by atoms with van der Waals surface area (Å²) in [6, 6.07) is 8.02. The van der Waals surface area contributed by atoms with Gasteiger partial charge in [-0.3, -0.25) is 4.79 Å². The molecule has 1 aromatic heterocycles. The molecule has 1 N–H and O–H groups in total. The number of anilines is 2. The number of benzene rings is 2. The summed E-state index contributed by atoms with van der Waals surface area (Å²) in [5, 5.41) is 3.91. The van der Waals surface area contributed by atoms with E-state index in [1.54, 1.807) is 19.2 Å². The van der Waals surface area contributed by atoms with Gasteiger partial charge in [0, 0.05) is 49.0 Å². The number of carbonyl (C=O) groups is 1. The highest BCUT2D eigenvalue weighted by Crippen LogP contribution is 2.36. The molecule has 0 unspecified atom stereocenters. The zero-order chi connectivity index (χ0) is 23.5. The van der Waals surface area contributed by atoms with E-state index in [0.29, 0.717) is 41.6 Å². The average molecular weight is 473 g/mol. The van der Waals surface area contributed by atoms with Crippen molar-refractivity contribution in [1.82, 2.24) is 14.9 Å². The summed E-state index contributed by atoms with van der Waals surface area (Å²) < 4.78 is 25.4. The molecule has 0 atom stereocenters. The first kappa shape index (κ1) is 23.0. The van der Waals surface area contributed by atoms with Crippen LogP contribution >= 0.6 is 11.6 Å². The van der Waals surface area contributed by atoms with E-state index in [1.165, 1.54) is 18.5 Å². The molecular weight excluding hydrogens is 447 g/mol. The molecule has 0 radical (unpaired) electrons. The number of halogens is 2. The predicted molar refractivity (Wildman–Crippen MR) is 126 cm³/mol. The van der Waals surface area contributed by atoms with E-state index in [2.05, 4.69) is 15.3 Å². The lowest BCUT2D eigenvalue weighted by Crippen LogP contribution is -2.43. The highest BCUT2D eigenvalue weighted by molar-refractivity contribution is 6.31. The van der Waals surface area contributed by atoms with Crippen molar-refractivity contribution in [1.29, 1.82) is 0 Å². The maximum atomic E-state index is 13.5. The average Bonchev–Trinajstić information content (AvgIpc) is 2.81. The predicted octanol–water partition coefficient (Wildman–Crippen LogP) is 5.20. The molecule has 1 aliphatic heterocycles. The molecule has 1 fully saturated rings. The Bertz CT molecular complexity index is 1170. The van der Waals surface area contributed by atoms with Gasteiger partial charge in [-0.25, -0.2) is 14.4 Å². The molecule has 174 valence electrons. The van der Waals surface area contributed by atoms with Crippen LogP contribution in [-0.2, 0) is 4.79 Å². The van der Waals surface area contributed by atoms with Crippen LogP contribution in [0.15, 0.2) is 36.7 Å². The van der Waals surface area contributed by atoms with E-state index in [1.807, 2.05) is 24.8 Å². The van der Waals surface area contributed by atoms with Crippen molar-refractivity contribution in [3.05, 3.63) is 47.5 Å². The van der Waals surface area contributed by atoms with Gasteiger partial charge in [0.05, 0.1) is 17.6 Å². The Morgan fingerprint density at radius 3 is 2.61 bits per heavy atom. The van der Waals surface area contributed by atoms with Gasteiger partial charge in [0.25, 0.3) is 0 Å². The molecule has 7 nitrogen and oxygen atoms in total. The molecular formula is C24H26ClFN4O3. The number of rotatable bonds is 6. The molecule has 2 heterocycles. The Morgan fingerprint density at radius 2 is 1.94 bits per heavy atom. The van der Waals surface area contributed by atoms with Crippen molar-refractivity contribution in [2.45, 2.75) is 32.8 Å². The molecule has 1 aliphatic rings. The lowest BCUT2D eigenvalue weighted by molar-refractivity contribution is -0.136. The molecule has 0 spiro atoms. The number of nitrogens with one attached hydrogen (secondary N) is 1. The topological polar surface area (TPSA) is 76.6 Å². The molecule has 2 aromatic carbocycles. The van der Waals surface area contributed by atoms with Crippen molar-refractivity contribution < 1.29 is 18.7 Å². The first-order valence-corrected chi connectivity index (χ1v) is 11.2. The van der Waals surface area contributed by atoms with Crippen molar-refractivity contribution in [3.8, 4) is 11.5 Å². The Labute approximate surface area is 196 Å². The first-order chi connectivity index (χ1) is 15.9. The zero-order valence-electron chi connectivity index (χ0n) is 18.8. The van der Waals surface area contributed by atoms with Crippen LogP contribution in [0.25, 0.3) is 10.9 Å². The summed E-state index contributed by atoms with van der Waals surface area (Å²) in [5.41, 5.74) is 1.27. The summed E-state index contributed by atoms with van der Waals surface area (Å²) in [6.07, 6.45) is 2.88. The van der Waals surface area contributed by atoms with Crippen LogP contribution in [0.1, 0.15) is 26.7 Å². The Morgan fingerprint density at radius 1 is 1.18 bits per heavy atom. The second kappa shape index (κ2) is 9.79. The lowest BCUT2D eigenvalue weighted by atomic mass is 10.1. The summed E-state index contributed by atoms with van der Waals surface area (Å²) in [4.78, 5) is 22.8. The standard InChI is InChI=1S/C24H26ClFN4O3/c1-14(2)24(31)30-8-6-16(7-9-30)33-22-11-17-20(12-21(22)32-3)27-13-28-23(17)29-15-4-5-19(26)18(25)10-15/h4-5,10-14,16H,6-9H2,1-3H3,(H,27,28,29). The van der Waals surface area contributed by atoms with Crippen molar-refractivity contribution >= 4 is 39.9 Å². The highest BCUT2D eigenvalue weighted by Gasteiger charge is 2.26. The Kier molecular flexibility index (Phi) is 6.83. The largest absolute Gasteiger partial charge is 0.493 e. The molecule has 9 heteroatoms. The molecule has 0 bridgehead atoms. The quantitative estimate of drug-likeness (QED) is 0.531. The van der Waals surface area contributed by atoms with Gasteiger partial charge in [0.15, 0.2) is 11.5 Å². The molecule has 4 rings (SSSR count). The first-order valence-electron chi connectivity index (χ1n) is 10.9. The molecule has 0 saturated carbocycles. The van der Waals surface area contributed by atoms with E-state index in [9.17, 15) is 9.18 Å². The van der Waals surface area contributed by atoms with Gasteiger partial charge < -0.3 is 19.7 Å². The number of nitrogens with zero attached hydrogens (tertiary/aromatic N) is 3. The number of methoxy groups -OCH3 is 1. The van der Waals surface area contributed by atoms with Crippen LogP contribution in [0, 0.1) is 11.7 Å². The maximum Gasteiger partial charge on any atom is 0.225 e. The van der Waals surface area contributed by atoms with Crippen LogP contribution in [0.5, 0.6) is 11.5 Å². The molecule has 0 aliphatic carbocycles. The smallest absolute Gasteiger partial charge is 0.225 e. The number of ether oxygens (including phenoxy) is 2. The van der Waals surface area contributed by atoms with E-state index in [4.69, 9.17) is 21.1 Å².